The largest absolute Gasteiger partial charge is 0.508 e. The molecule has 1 amide bonds. The second-order valence-electron chi connectivity index (χ2n) is 4.70. The number of aliphatic carboxylic acids is 1. The summed E-state index contributed by atoms with van der Waals surface area (Å²) in [6.45, 7) is 1.21. The Morgan fingerprint density at radius 3 is 2.55 bits per heavy atom. The fourth-order valence-electron chi connectivity index (χ4n) is 2.78. The van der Waals surface area contributed by atoms with Crippen LogP contribution in [0.25, 0.3) is 0 Å². The van der Waals surface area contributed by atoms with Crippen LogP contribution in [0, 0.1) is 0 Å². The molecule has 0 radical (unpaired) electrons. The van der Waals surface area contributed by atoms with E-state index in [4.69, 9.17) is 0 Å². The van der Waals surface area contributed by atoms with E-state index in [1.807, 2.05) is 0 Å². The number of rotatable bonds is 2. The molecule has 108 valence electrons. The van der Waals surface area contributed by atoms with Gasteiger partial charge in [-0.1, -0.05) is 13.0 Å². The molecule has 2 atom stereocenters. The van der Waals surface area contributed by atoms with Crippen LogP contribution in [-0.4, -0.2) is 43.9 Å². The third-order valence-electron chi connectivity index (χ3n) is 3.75. The fourth-order valence-corrected chi connectivity index (χ4v) is 2.78. The second kappa shape index (κ2) is 4.68. The van der Waals surface area contributed by atoms with Crippen molar-refractivity contribution in [2.75, 3.05) is 6.54 Å². The molecular formula is C13H15NO6. The molecule has 0 spiro atoms. The van der Waals surface area contributed by atoms with Gasteiger partial charge in [0.1, 0.15) is 5.75 Å². The number of fused-ring (bicyclic) bond motifs is 1. The van der Waals surface area contributed by atoms with Gasteiger partial charge in [0.05, 0.1) is 12.6 Å². The summed E-state index contributed by atoms with van der Waals surface area (Å²) in [5.74, 6) is -1.41. The first-order valence-corrected chi connectivity index (χ1v) is 6.10. The zero-order chi connectivity index (χ0) is 15.1. The Bertz CT molecular complexity index is 572. The van der Waals surface area contributed by atoms with Crippen molar-refractivity contribution < 1.29 is 30.0 Å². The molecule has 1 aromatic carbocycles. The number of carboxylic acids is 1. The molecule has 7 heteroatoms. The second-order valence-corrected chi connectivity index (χ2v) is 4.70. The highest BCUT2D eigenvalue weighted by molar-refractivity contribution is 5.86. The summed E-state index contributed by atoms with van der Waals surface area (Å²) in [5, 5.41) is 38.3. The van der Waals surface area contributed by atoms with E-state index in [0.717, 1.165) is 4.90 Å². The van der Waals surface area contributed by atoms with E-state index in [1.54, 1.807) is 6.92 Å². The number of aliphatic hydroxyl groups is 1. The predicted molar refractivity (Wildman–Crippen MR) is 67.4 cm³/mol. The van der Waals surface area contributed by atoms with Crippen LogP contribution in [0.5, 0.6) is 5.75 Å². The smallest absolute Gasteiger partial charge is 0.408 e. The van der Waals surface area contributed by atoms with E-state index in [2.05, 4.69) is 0 Å². The first kappa shape index (κ1) is 14.1. The minimum absolute atomic E-state index is 0.0130. The first-order chi connectivity index (χ1) is 9.34. The van der Waals surface area contributed by atoms with Crippen molar-refractivity contribution in [2.45, 2.75) is 25.0 Å². The number of hydrogen-bond acceptors (Lipinski definition) is 4. The topological polar surface area (TPSA) is 118 Å². The van der Waals surface area contributed by atoms with Crippen LogP contribution in [-0.2, 0) is 10.3 Å². The van der Waals surface area contributed by atoms with Crippen molar-refractivity contribution in [3.05, 3.63) is 29.3 Å². The molecule has 0 bridgehead atoms. The highest BCUT2D eigenvalue weighted by atomic mass is 16.4. The summed E-state index contributed by atoms with van der Waals surface area (Å²) in [7, 11) is 0. The molecule has 1 aromatic rings. The number of β-amino-alcohol motifs (C(OH)–C–C–N with tert-alkyl or cyclic N) is 1. The first-order valence-electron chi connectivity index (χ1n) is 6.10. The van der Waals surface area contributed by atoms with E-state index < -0.39 is 23.7 Å². The van der Waals surface area contributed by atoms with Gasteiger partial charge in [-0.3, -0.25) is 4.90 Å². The molecule has 0 saturated heterocycles. The number of phenols is 1. The molecule has 0 fully saturated rings. The van der Waals surface area contributed by atoms with E-state index in [-0.39, 0.29) is 29.8 Å². The lowest BCUT2D eigenvalue weighted by Gasteiger charge is -2.44. The van der Waals surface area contributed by atoms with Crippen LogP contribution in [0.4, 0.5) is 4.79 Å². The number of carboxylic acid groups (broad SMARTS) is 2. The third kappa shape index (κ3) is 1.78. The highest BCUT2D eigenvalue weighted by Gasteiger charge is 2.52. The average molecular weight is 281 g/mol. The van der Waals surface area contributed by atoms with Gasteiger partial charge in [-0.05, 0) is 29.7 Å². The summed E-state index contributed by atoms with van der Waals surface area (Å²) in [5.41, 5.74) is -1.33. The highest BCUT2D eigenvalue weighted by Crippen LogP contribution is 2.43. The number of phenolic OH excluding ortho intramolecular Hbond substituents is 1. The number of carbonyl (C=O) groups is 2. The summed E-state index contributed by atoms with van der Waals surface area (Å²) in [6, 6.07) is 3.90. The van der Waals surface area contributed by atoms with Crippen LogP contribution < -0.4 is 0 Å². The Morgan fingerprint density at radius 2 is 2.05 bits per heavy atom. The molecule has 4 N–H and O–H groups in total. The van der Waals surface area contributed by atoms with Gasteiger partial charge >= 0.3 is 12.1 Å². The Balaban J connectivity index is 2.75. The molecule has 1 heterocycles. The summed E-state index contributed by atoms with van der Waals surface area (Å²) < 4.78 is 0. The molecule has 1 aliphatic rings. The van der Waals surface area contributed by atoms with E-state index in [1.165, 1.54) is 18.2 Å². The van der Waals surface area contributed by atoms with Crippen molar-refractivity contribution in [3.8, 4) is 5.75 Å². The van der Waals surface area contributed by atoms with Crippen LogP contribution in [0.2, 0.25) is 0 Å². The number of hydrogen-bond donors (Lipinski definition) is 4. The number of nitrogens with zero attached hydrogens (tertiary/aromatic N) is 1. The van der Waals surface area contributed by atoms with Crippen molar-refractivity contribution in [1.82, 2.24) is 4.90 Å². The van der Waals surface area contributed by atoms with Crippen molar-refractivity contribution >= 4 is 12.1 Å². The zero-order valence-electron chi connectivity index (χ0n) is 10.8. The van der Waals surface area contributed by atoms with Crippen LogP contribution in [0.1, 0.15) is 30.6 Å². The molecular weight excluding hydrogens is 266 g/mol. The molecule has 7 nitrogen and oxygen atoms in total. The van der Waals surface area contributed by atoms with Gasteiger partial charge in [0.15, 0.2) is 5.54 Å². The molecule has 2 rings (SSSR count). The lowest BCUT2D eigenvalue weighted by molar-refractivity contribution is -0.153. The standard InChI is InChI=1S/C13H15NO6/c1-2-13(11(17)18)9-4-3-7(15)5-8(9)10(16)6-14(13)12(19)20/h3-5,10,15-16H,2,6H2,1H3,(H,17,18)(H,19,20). The normalized spacial score (nSPS) is 25.1. The Hall–Kier alpha value is -2.28. The summed E-state index contributed by atoms with van der Waals surface area (Å²) in [6.07, 6.45) is -2.57. The number of amides is 1. The van der Waals surface area contributed by atoms with Gasteiger partial charge < -0.3 is 20.4 Å². The van der Waals surface area contributed by atoms with E-state index in [9.17, 15) is 30.0 Å². The van der Waals surface area contributed by atoms with Gasteiger partial charge in [-0.15, -0.1) is 0 Å². The van der Waals surface area contributed by atoms with E-state index in [0.29, 0.717) is 0 Å². The van der Waals surface area contributed by atoms with Gasteiger partial charge in [0, 0.05) is 0 Å². The number of aliphatic hydroxyl groups excluding tert-OH is 1. The molecule has 0 aliphatic carbocycles. The lowest BCUT2D eigenvalue weighted by atomic mass is 9.78. The van der Waals surface area contributed by atoms with Crippen molar-refractivity contribution in [3.63, 3.8) is 0 Å². The van der Waals surface area contributed by atoms with Crippen LogP contribution >= 0.6 is 0 Å². The minimum atomic E-state index is -1.76. The number of benzene rings is 1. The van der Waals surface area contributed by atoms with Crippen molar-refractivity contribution in [2.24, 2.45) is 0 Å². The summed E-state index contributed by atoms with van der Waals surface area (Å²) in [4.78, 5) is 23.8. The van der Waals surface area contributed by atoms with Gasteiger partial charge in [0.25, 0.3) is 0 Å². The molecule has 1 aliphatic heterocycles. The zero-order valence-corrected chi connectivity index (χ0v) is 10.8. The van der Waals surface area contributed by atoms with E-state index >= 15 is 0 Å². The Morgan fingerprint density at radius 1 is 1.40 bits per heavy atom. The Kier molecular flexibility index (Phi) is 3.31. The fraction of sp³-hybridized carbons (Fsp3) is 0.385. The van der Waals surface area contributed by atoms with Gasteiger partial charge in [0.2, 0.25) is 0 Å². The SMILES string of the molecule is CCC1(C(=O)O)c2ccc(O)cc2C(O)CN1C(=O)O. The average Bonchev–Trinajstić information content (AvgIpc) is 2.38. The molecule has 0 saturated carbocycles. The third-order valence-corrected chi connectivity index (χ3v) is 3.75. The maximum Gasteiger partial charge on any atom is 0.408 e. The van der Waals surface area contributed by atoms with Gasteiger partial charge in [-0.25, -0.2) is 9.59 Å². The Labute approximate surface area is 114 Å². The lowest BCUT2D eigenvalue weighted by Crippen LogP contribution is -2.58. The van der Waals surface area contributed by atoms with Crippen LogP contribution in [0.15, 0.2) is 18.2 Å². The van der Waals surface area contributed by atoms with Gasteiger partial charge in [-0.2, -0.15) is 0 Å². The predicted octanol–water partition coefficient (Wildman–Crippen LogP) is 1.11. The number of aromatic hydroxyl groups is 1. The van der Waals surface area contributed by atoms with Crippen LogP contribution in [0.3, 0.4) is 0 Å². The molecule has 20 heavy (non-hydrogen) atoms. The maximum atomic E-state index is 11.7. The maximum absolute atomic E-state index is 11.7. The molecule has 2 unspecified atom stereocenters. The quantitative estimate of drug-likeness (QED) is 0.645. The monoisotopic (exact) mass is 281 g/mol. The minimum Gasteiger partial charge on any atom is -0.508 e. The van der Waals surface area contributed by atoms with Crippen molar-refractivity contribution in [1.29, 1.82) is 0 Å². The summed E-state index contributed by atoms with van der Waals surface area (Å²) >= 11 is 0. The molecule has 0 aromatic heterocycles.